The van der Waals surface area contributed by atoms with Crippen molar-refractivity contribution in [2.75, 3.05) is 0 Å². The first-order valence-electron chi connectivity index (χ1n) is 8.57. The summed E-state index contributed by atoms with van der Waals surface area (Å²) in [5.74, 6) is 3.07. The second kappa shape index (κ2) is 5.51. The van der Waals surface area contributed by atoms with Gasteiger partial charge >= 0.3 is 144 Å². The summed E-state index contributed by atoms with van der Waals surface area (Å²) in [5, 5.41) is 0. The molecule has 1 heterocycles. The Labute approximate surface area is 144 Å². The quantitative estimate of drug-likeness (QED) is 0.512. The molecule has 5 rings (SSSR count). The van der Waals surface area contributed by atoms with E-state index in [0.717, 1.165) is 22.6 Å². The Hall–Kier alpha value is -1.56. The van der Waals surface area contributed by atoms with Crippen LogP contribution in [-0.4, -0.2) is 15.0 Å². The summed E-state index contributed by atoms with van der Waals surface area (Å²) in [7, 11) is 0. The standard InChI is InChI=1S/C22H20Se/c1-3-7-15(8-4-1)19-14-20(16-9-5-2-6-10-16)23-22-18-12-11-17(13-18)21(19)22/h1-12,14,17-19,21-22H,13H2/t17-,18+,19+,21-,22-/m1/s1. The summed E-state index contributed by atoms with van der Waals surface area (Å²) in [5.41, 5.74) is 2.95. The van der Waals surface area contributed by atoms with Crippen LogP contribution in [0.3, 0.4) is 0 Å². The number of benzene rings is 2. The Bertz CT molecular complexity index is 759. The molecule has 0 nitrogen and oxygen atoms in total. The summed E-state index contributed by atoms with van der Waals surface area (Å²) in [6.07, 6.45) is 9.04. The summed E-state index contributed by atoms with van der Waals surface area (Å²) in [6.45, 7) is 0. The monoisotopic (exact) mass is 364 g/mol. The molecule has 2 aliphatic carbocycles. The molecule has 2 aromatic carbocycles. The van der Waals surface area contributed by atoms with Crippen molar-refractivity contribution in [1.29, 1.82) is 0 Å². The van der Waals surface area contributed by atoms with Gasteiger partial charge in [-0.05, 0) is 0 Å². The third-order valence-corrected chi connectivity index (χ3v) is 8.97. The molecule has 3 aliphatic rings. The van der Waals surface area contributed by atoms with Crippen molar-refractivity contribution < 1.29 is 0 Å². The van der Waals surface area contributed by atoms with Gasteiger partial charge in [-0.3, -0.25) is 0 Å². The normalized spacial score (nSPS) is 34.3. The van der Waals surface area contributed by atoms with E-state index < -0.39 is 0 Å². The van der Waals surface area contributed by atoms with Crippen LogP contribution in [0.15, 0.2) is 78.9 Å². The van der Waals surface area contributed by atoms with E-state index in [0.29, 0.717) is 20.9 Å². The zero-order valence-corrected chi connectivity index (χ0v) is 14.7. The molecule has 2 aromatic rings. The molecule has 1 aliphatic heterocycles. The van der Waals surface area contributed by atoms with E-state index in [9.17, 15) is 0 Å². The van der Waals surface area contributed by atoms with Crippen molar-refractivity contribution in [2.24, 2.45) is 17.8 Å². The van der Waals surface area contributed by atoms with Crippen molar-refractivity contribution in [3.05, 3.63) is 90.0 Å². The van der Waals surface area contributed by atoms with Crippen molar-refractivity contribution >= 4 is 19.4 Å². The van der Waals surface area contributed by atoms with Gasteiger partial charge in [0.05, 0.1) is 0 Å². The minimum atomic E-state index is 0.590. The molecule has 0 saturated heterocycles. The molecule has 0 spiro atoms. The van der Waals surface area contributed by atoms with E-state index in [2.05, 4.69) is 78.9 Å². The maximum absolute atomic E-state index is 2.61. The Balaban J connectivity index is 1.61. The van der Waals surface area contributed by atoms with Gasteiger partial charge < -0.3 is 0 Å². The first-order chi connectivity index (χ1) is 11.4. The molecule has 0 N–H and O–H groups in total. The number of rotatable bonds is 2. The van der Waals surface area contributed by atoms with Gasteiger partial charge in [0.25, 0.3) is 0 Å². The average Bonchev–Trinajstić information content (AvgIpc) is 3.25. The Kier molecular flexibility index (Phi) is 3.32. The number of fused-ring (bicyclic) bond motifs is 5. The first kappa shape index (κ1) is 13.8. The van der Waals surface area contributed by atoms with Gasteiger partial charge in [-0.1, -0.05) is 0 Å². The summed E-state index contributed by atoms with van der Waals surface area (Å²) >= 11 is 0.599. The summed E-state index contributed by atoms with van der Waals surface area (Å²) in [4.78, 5) is 0.892. The molecule has 0 radical (unpaired) electrons. The van der Waals surface area contributed by atoms with Gasteiger partial charge in [-0.15, -0.1) is 0 Å². The fourth-order valence-electron chi connectivity index (χ4n) is 4.67. The molecule has 0 aromatic heterocycles. The van der Waals surface area contributed by atoms with Crippen LogP contribution < -0.4 is 0 Å². The van der Waals surface area contributed by atoms with E-state index >= 15 is 0 Å². The average molecular weight is 363 g/mol. The molecule has 2 bridgehead atoms. The van der Waals surface area contributed by atoms with E-state index in [-0.39, 0.29) is 0 Å². The van der Waals surface area contributed by atoms with Gasteiger partial charge in [0.1, 0.15) is 0 Å². The number of hydrogen-bond donors (Lipinski definition) is 0. The van der Waals surface area contributed by atoms with Crippen LogP contribution in [0.25, 0.3) is 4.47 Å². The van der Waals surface area contributed by atoms with E-state index in [1.807, 2.05) is 0 Å². The van der Waals surface area contributed by atoms with Crippen LogP contribution in [0.2, 0.25) is 4.82 Å². The van der Waals surface area contributed by atoms with Crippen LogP contribution in [0.5, 0.6) is 0 Å². The van der Waals surface area contributed by atoms with Gasteiger partial charge in [0.15, 0.2) is 0 Å². The van der Waals surface area contributed by atoms with Crippen LogP contribution in [0.4, 0.5) is 0 Å². The fraction of sp³-hybridized carbons (Fsp3) is 0.273. The molecule has 5 atom stereocenters. The molecule has 0 unspecified atom stereocenters. The third kappa shape index (κ3) is 2.26. The Morgan fingerprint density at radius 1 is 0.783 bits per heavy atom. The minimum absolute atomic E-state index is 0.590. The molecule has 23 heavy (non-hydrogen) atoms. The second-order valence-corrected chi connectivity index (χ2v) is 9.50. The molecular formula is C22H20Se. The topological polar surface area (TPSA) is 0 Å². The van der Waals surface area contributed by atoms with Gasteiger partial charge in [-0.2, -0.15) is 0 Å². The van der Waals surface area contributed by atoms with Crippen molar-refractivity contribution in [3.63, 3.8) is 0 Å². The van der Waals surface area contributed by atoms with E-state index in [1.165, 1.54) is 17.5 Å². The predicted octanol–water partition coefficient (Wildman–Crippen LogP) is 5.14. The number of allylic oxidation sites excluding steroid dienone is 3. The van der Waals surface area contributed by atoms with Crippen LogP contribution in [-0.2, 0) is 0 Å². The van der Waals surface area contributed by atoms with Crippen molar-refractivity contribution in [1.82, 2.24) is 0 Å². The van der Waals surface area contributed by atoms with Gasteiger partial charge in [0.2, 0.25) is 0 Å². The Morgan fingerprint density at radius 2 is 1.48 bits per heavy atom. The molecule has 114 valence electrons. The molecule has 1 fully saturated rings. The van der Waals surface area contributed by atoms with Crippen molar-refractivity contribution in [2.45, 2.75) is 17.2 Å². The summed E-state index contributed by atoms with van der Waals surface area (Å²) < 4.78 is 1.62. The predicted molar refractivity (Wildman–Crippen MR) is 97.3 cm³/mol. The van der Waals surface area contributed by atoms with Crippen LogP contribution in [0.1, 0.15) is 23.5 Å². The molecular weight excluding hydrogens is 343 g/mol. The van der Waals surface area contributed by atoms with Gasteiger partial charge in [0, 0.05) is 0 Å². The van der Waals surface area contributed by atoms with Crippen LogP contribution >= 0.6 is 0 Å². The molecule has 1 saturated carbocycles. The summed E-state index contributed by atoms with van der Waals surface area (Å²) in [6, 6.07) is 22.2. The number of hydrogen-bond acceptors (Lipinski definition) is 0. The van der Waals surface area contributed by atoms with Crippen molar-refractivity contribution in [3.8, 4) is 0 Å². The Morgan fingerprint density at radius 3 is 2.26 bits per heavy atom. The fourth-order valence-corrected chi connectivity index (χ4v) is 8.23. The molecule has 0 amide bonds. The molecule has 1 heteroatoms. The maximum atomic E-state index is 2.61. The van der Waals surface area contributed by atoms with E-state index in [1.54, 1.807) is 4.47 Å². The zero-order valence-electron chi connectivity index (χ0n) is 13.0. The second-order valence-electron chi connectivity index (χ2n) is 6.94. The first-order valence-corrected chi connectivity index (χ1v) is 10.4. The van der Waals surface area contributed by atoms with Crippen LogP contribution in [0, 0.1) is 17.8 Å². The third-order valence-electron chi connectivity index (χ3n) is 5.70. The zero-order chi connectivity index (χ0) is 15.2. The van der Waals surface area contributed by atoms with Gasteiger partial charge in [-0.25, -0.2) is 0 Å². The van der Waals surface area contributed by atoms with E-state index in [4.69, 9.17) is 0 Å². The SMILES string of the molecule is C1=C[C@H]2C[C@@H]1[C@H]1[C@@H]2[Se]C(c2ccccc2)=C[C@H]1c1ccccc1.